The van der Waals surface area contributed by atoms with Crippen molar-refractivity contribution in [2.24, 2.45) is 0 Å². The number of likely N-dealkylation sites (N-methyl/N-ethyl adjacent to an activating group) is 2. The number of carboxylic acids is 1. The van der Waals surface area contributed by atoms with Crippen LogP contribution in [0, 0.1) is 0 Å². The lowest BCUT2D eigenvalue weighted by molar-refractivity contribution is -0.128. The summed E-state index contributed by atoms with van der Waals surface area (Å²) in [7, 11) is 0.707. The van der Waals surface area contributed by atoms with E-state index in [2.05, 4.69) is 0 Å². The normalized spacial score (nSPS) is 11.4. The minimum atomic E-state index is -3.69. The molecule has 8 heteroatoms. The Labute approximate surface area is 123 Å². The van der Waals surface area contributed by atoms with Crippen LogP contribution in [0.4, 0.5) is 0 Å². The molecule has 1 aromatic rings. The van der Waals surface area contributed by atoms with Gasteiger partial charge in [-0.2, -0.15) is 4.31 Å². The van der Waals surface area contributed by atoms with Gasteiger partial charge in [-0.1, -0.05) is 12.1 Å². The Morgan fingerprint density at radius 1 is 1.19 bits per heavy atom. The fourth-order valence-electron chi connectivity index (χ4n) is 1.55. The molecular formula is C13H18N2O5S. The predicted molar refractivity (Wildman–Crippen MR) is 77.3 cm³/mol. The molecule has 0 unspecified atom stereocenters. The number of carbonyl (C=O) groups excluding carboxylic acids is 1. The molecule has 0 fully saturated rings. The molecule has 1 aromatic carbocycles. The maximum absolute atomic E-state index is 12.1. The number of carboxylic acid groups (broad SMARTS) is 1. The van der Waals surface area contributed by atoms with Gasteiger partial charge >= 0.3 is 5.97 Å². The third-order valence-corrected chi connectivity index (χ3v) is 4.63. The van der Waals surface area contributed by atoms with Crippen molar-refractivity contribution in [1.82, 2.24) is 9.21 Å². The molecule has 0 saturated carbocycles. The Hall–Kier alpha value is -1.93. The van der Waals surface area contributed by atoms with Crippen molar-refractivity contribution in [2.45, 2.75) is 5.75 Å². The molecule has 0 heterocycles. The lowest BCUT2D eigenvalue weighted by atomic mass is 10.1. The van der Waals surface area contributed by atoms with Crippen molar-refractivity contribution in [3.63, 3.8) is 0 Å². The third-order valence-electron chi connectivity index (χ3n) is 2.85. The zero-order valence-electron chi connectivity index (χ0n) is 12.1. The highest BCUT2D eigenvalue weighted by atomic mass is 32.2. The van der Waals surface area contributed by atoms with Gasteiger partial charge in [0.1, 0.15) is 0 Å². The van der Waals surface area contributed by atoms with Gasteiger partial charge in [0.25, 0.3) is 0 Å². The monoisotopic (exact) mass is 314 g/mol. The summed E-state index contributed by atoms with van der Waals surface area (Å²) >= 11 is 0. The highest BCUT2D eigenvalue weighted by Crippen LogP contribution is 2.12. The van der Waals surface area contributed by atoms with E-state index in [1.54, 1.807) is 14.1 Å². The van der Waals surface area contributed by atoms with Crippen LogP contribution in [0.5, 0.6) is 0 Å². The minimum Gasteiger partial charge on any atom is -0.478 e. The lowest BCUT2D eigenvalue weighted by Crippen LogP contribution is -2.38. The summed E-state index contributed by atoms with van der Waals surface area (Å²) in [6.07, 6.45) is 0. The van der Waals surface area contributed by atoms with Crippen molar-refractivity contribution >= 4 is 21.9 Å². The van der Waals surface area contributed by atoms with Gasteiger partial charge in [-0.15, -0.1) is 0 Å². The molecule has 0 atom stereocenters. The summed E-state index contributed by atoms with van der Waals surface area (Å²) < 4.78 is 25.3. The zero-order chi connectivity index (χ0) is 16.2. The van der Waals surface area contributed by atoms with Gasteiger partial charge in [0.05, 0.1) is 17.9 Å². The molecule has 0 aliphatic carbocycles. The maximum Gasteiger partial charge on any atom is 0.335 e. The standard InChI is InChI=1S/C13H18N2O5S/c1-14(2)12(16)8-15(3)21(19,20)9-10-5-4-6-11(7-10)13(17)18/h4-7H,8-9H2,1-3H3,(H,17,18). The van der Waals surface area contributed by atoms with Crippen molar-refractivity contribution < 1.29 is 23.1 Å². The molecule has 21 heavy (non-hydrogen) atoms. The highest BCUT2D eigenvalue weighted by molar-refractivity contribution is 7.88. The van der Waals surface area contributed by atoms with E-state index in [0.29, 0.717) is 5.56 Å². The van der Waals surface area contributed by atoms with E-state index < -0.39 is 16.0 Å². The smallest absolute Gasteiger partial charge is 0.335 e. The second kappa shape index (κ2) is 6.68. The van der Waals surface area contributed by atoms with Gasteiger partial charge in [0.2, 0.25) is 15.9 Å². The van der Waals surface area contributed by atoms with E-state index >= 15 is 0 Å². The zero-order valence-corrected chi connectivity index (χ0v) is 12.9. The van der Waals surface area contributed by atoms with Crippen LogP contribution in [0.25, 0.3) is 0 Å². The predicted octanol–water partition coefficient (Wildman–Crippen LogP) is 0.235. The van der Waals surface area contributed by atoms with Gasteiger partial charge in [0.15, 0.2) is 0 Å². The third kappa shape index (κ3) is 4.83. The summed E-state index contributed by atoms with van der Waals surface area (Å²) in [5.74, 6) is -1.81. The first-order valence-electron chi connectivity index (χ1n) is 6.10. The topological polar surface area (TPSA) is 95.0 Å². The van der Waals surface area contributed by atoms with Gasteiger partial charge in [-0.05, 0) is 17.7 Å². The molecular weight excluding hydrogens is 296 g/mol. The molecule has 1 rings (SSSR count). The lowest BCUT2D eigenvalue weighted by Gasteiger charge is -2.19. The van der Waals surface area contributed by atoms with Crippen LogP contribution < -0.4 is 0 Å². The SMILES string of the molecule is CN(C)C(=O)CN(C)S(=O)(=O)Cc1cccc(C(=O)O)c1. The van der Waals surface area contributed by atoms with Crippen LogP contribution in [0.2, 0.25) is 0 Å². The van der Waals surface area contributed by atoms with Crippen molar-refractivity contribution in [3.8, 4) is 0 Å². The highest BCUT2D eigenvalue weighted by Gasteiger charge is 2.22. The van der Waals surface area contributed by atoms with Gasteiger partial charge < -0.3 is 10.0 Å². The fraction of sp³-hybridized carbons (Fsp3) is 0.385. The van der Waals surface area contributed by atoms with Crippen LogP contribution in [-0.2, 0) is 20.6 Å². The van der Waals surface area contributed by atoms with Gasteiger partial charge in [-0.3, -0.25) is 4.79 Å². The van der Waals surface area contributed by atoms with E-state index in [4.69, 9.17) is 5.11 Å². The molecule has 116 valence electrons. The van der Waals surface area contributed by atoms with Crippen molar-refractivity contribution in [3.05, 3.63) is 35.4 Å². The van der Waals surface area contributed by atoms with Crippen molar-refractivity contribution in [1.29, 1.82) is 0 Å². The summed E-state index contributed by atoms with van der Waals surface area (Å²) in [5.41, 5.74) is 0.383. The van der Waals surface area contributed by atoms with E-state index in [9.17, 15) is 18.0 Å². The van der Waals surface area contributed by atoms with Gasteiger partial charge in [-0.25, -0.2) is 13.2 Å². The molecule has 0 radical (unpaired) electrons. The summed E-state index contributed by atoms with van der Waals surface area (Å²) in [6.45, 7) is -0.256. The quantitative estimate of drug-likeness (QED) is 0.811. The molecule has 1 N–H and O–H groups in total. The first-order chi connectivity index (χ1) is 9.63. The first kappa shape index (κ1) is 17.1. The van der Waals surface area contributed by atoms with Crippen LogP contribution in [0.15, 0.2) is 24.3 Å². The molecule has 0 saturated heterocycles. The summed E-state index contributed by atoms with van der Waals surface area (Å²) in [4.78, 5) is 23.7. The molecule has 0 aliphatic rings. The fourth-order valence-corrected chi connectivity index (χ4v) is 2.67. The maximum atomic E-state index is 12.1. The molecule has 0 bridgehead atoms. The molecule has 7 nitrogen and oxygen atoms in total. The number of amides is 1. The number of hydrogen-bond acceptors (Lipinski definition) is 4. The number of benzene rings is 1. The van der Waals surface area contributed by atoms with Crippen LogP contribution >= 0.6 is 0 Å². The first-order valence-corrected chi connectivity index (χ1v) is 7.71. The number of sulfonamides is 1. The van der Waals surface area contributed by atoms with E-state index in [1.165, 1.54) is 36.2 Å². The number of hydrogen-bond donors (Lipinski definition) is 1. The van der Waals surface area contributed by atoms with Crippen LogP contribution in [0.3, 0.4) is 0 Å². The summed E-state index contributed by atoms with van der Waals surface area (Å²) in [5, 5.41) is 8.89. The van der Waals surface area contributed by atoms with E-state index in [-0.39, 0.29) is 23.8 Å². The Balaban J connectivity index is 2.87. The molecule has 1 amide bonds. The number of rotatable bonds is 6. The summed E-state index contributed by atoms with van der Waals surface area (Å²) in [6, 6.07) is 5.71. The second-order valence-electron chi connectivity index (χ2n) is 4.81. The average molecular weight is 314 g/mol. The molecule has 0 spiro atoms. The second-order valence-corrected chi connectivity index (χ2v) is 6.88. The Morgan fingerprint density at radius 3 is 2.33 bits per heavy atom. The average Bonchev–Trinajstić information content (AvgIpc) is 2.38. The number of aromatic carboxylic acids is 1. The Kier molecular flexibility index (Phi) is 5.45. The number of nitrogens with zero attached hydrogens (tertiary/aromatic N) is 2. The molecule has 0 aliphatic heterocycles. The van der Waals surface area contributed by atoms with Crippen molar-refractivity contribution in [2.75, 3.05) is 27.7 Å². The number of carbonyl (C=O) groups is 2. The van der Waals surface area contributed by atoms with Crippen LogP contribution in [0.1, 0.15) is 15.9 Å². The van der Waals surface area contributed by atoms with E-state index in [0.717, 1.165) is 4.31 Å². The Bertz CT molecular complexity index is 640. The minimum absolute atomic E-state index is 0.0229. The largest absolute Gasteiger partial charge is 0.478 e. The Morgan fingerprint density at radius 2 is 1.81 bits per heavy atom. The molecule has 0 aromatic heterocycles. The van der Waals surface area contributed by atoms with E-state index in [1.807, 2.05) is 0 Å². The van der Waals surface area contributed by atoms with Gasteiger partial charge in [0, 0.05) is 21.1 Å². The van der Waals surface area contributed by atoms with Crippen LogP contribution in [-0.4, -0.2) is 62.3 Å².